The van der Waals surface area contributed by atoms with E-state index < -0.39 is 0 Å². The molecule has 1 heteroatoms. The van der Waals surface area contributed by atoms with Crippen LogP contribution >= 0.6 is 0 Å². The maximum absolute atomic E-state index is 3.68. The predicted octanol–water partition coefficient (Wildman–Crippen LogP) is 3.13. The van der Waals surface area contributed by atoms with Gasteiger partial charge in [-0.2, -0.15) is 0 Å². The minimum atomic E-state index is 0. The Morgan fingerprint density at radius 1 is 1.30 bits per heavy atom. The molecule has 0 rings (SSSR count). The maximum atomic E-state index is 3.68. The molecule has 0 spiro atoms. The van der Waals surface area contributed by atoms with Crippen molar-refractivity contribution >= 4 is 0 Å². The quantitative estimate of drug-likeness (QED) is 0.548. The smallest absolute Gasteiger partial charge is 0.00578 e. The highest BCUT2D eigenvalue weighted by Crippen LogP contribution is 1.86. The van der Waals surface area contributed by atoms with Gasteiger partial charge in [0.1, 0.15) is 0 Å². The summed E-state index contributed by atoms with van der Waals surface area (Å²) in [4.78, 5) is 1.97. The van der Waals surface area contributed by atoms with E-state index in [0.29, 0.717) is 0 Å². The third-order valence-electron chi connectivity index (χ3n) is 0.763. The molecule has 64 valence electrons. The van der Waals surface area contributed by atoms with Crippen molar-refractivity contribution in [1.29, 1.82) is 0 Å². The molecular formula is C9H23N. The van der Waals surface area contributed by atoms with Gasteiger partial charge in [0.25, 0.3) is 0 Å². The topological polar surface area (TPSA) is 3.24 Å². The van der Waals surface area contributed by atoms with Crippen molar-refractivity contribution in [3.63, 3.8) is 0 Å². The Kier molecular flexibility index (Phi) is 18.5. The van der Waals surface area contributed by atoms with Crippen molar-refractivity contribution in [3.05, 3.63) is 12.3 Å². The van der Waals surface area contributed by atoms with Gasteiger partial charge in [0, 0.05) is 19.8 Å². The number of hydrogen-bond acceptors (Lipinski definition) is 1. The van der Waals surface area contributed by atoms with Crippen LogP contribution in [-0.4, -0.2) is 19.0 Å². The van der Waals surface area contributed by atoms with E-state index in [2.05, 4.69) is 20.4 Å². The Balaban J connectivity index is -0.000000107. The molecule has 10 heavy (non-hydrogen) atoms. The fraction of sp³-hybridized carbons (Fsp3) is 0.778. The highest BCUT2D eigenvalue weighted by molar-refractivity contribution is 4.82. The number of hydrogen-bond donors (Lipinski definition) is 0. The van der Waals surface area contributed by atoms with Gasteiger partial charge >= 0.3 is 0 Å². The molecule has 1 nitrogen and oxygen atoms in total. The highest BCUT2D eigenvalue weighted by Gasteiger charge is 1.79. The first-order valence-corrected chi connectivity index (χ1v) is 3.39. The molecule has 0 amide bonds. The normalized spacial score (nSPS) is 6.50. The molecule has 0 heterocycles. The molecule has 0 fully saturated rings. The summed E-state index contributed by atoms with van der Waals surface area (Å²) in [5, 5.41) is 0. The molecule has 0 aliphatic rings. The molecule has 0 aliphatic heterocycles. The zero-order valence-corrected chi connectivity index (χ0v) is 7.36. The average molecular weight is 145 g/mol. The minimum absolute atomic E-state index is 0. The minimum Gasteiger partial charge on any atom is -0.382 e. The van der Waals surface area contributed by atoms with Crippen LogP contribution in [0.4, 0.5) is 0 Å². The molecule has 0 aromatic rings. The van der Waals surface area contributed by atoms with E-state index >= 15 is 0 Å². The summed E-state index contributed by atoms with van der Waals surface area (Å²) in [6.45, 7) is 9.90. The molecule has 0 unspecified atom stereocenters. The second-order valence-electron chi connectivity index (χ2n) is 2.34. The van der Waals surface area contributed by atoms with E-state index in [4.69, 9.17) is 0 Å². The molecule has 0 radical (unpaired) electrons. The number of rotatable bonds is 1. The fourth-order valence-electron chi connectivity index (χ4n) is 0. The summed E-state index contributed by atoms with van der Waals surface area (Å²) in [5.74, 6) is 0. The lowest BCUT2D eigenvalue weighted by Crippen LogP contribution is -2.05. The number of nitrogens with zero attached hydrogens (tertiary/aromatic N) is 1. The van der Waals surface area contributed by atoms with E-state index in [1.54, 1.807) is 0 Å². The van der Waals surface area contributed by atoms with Gasteiger partial charge in [0.05, 0.1) is 0 Å². The molecule has 0 aromatic carbocycles. The van der Waals surface area contributed by atoms with Gasteiger partial charge < -0.3 is 4.90 Å². The van der Waals surface area contributed by atoms with Crippen LogP contribution in [0.5, 0.6) is 0 Å². The van der Waals surface area contributed by atoms with E-state index in [1.807, 2.05) is 25.9 Å². The Labute approximate surface area is 66.7 Å². The van der Waals surface area contributed by atoms with Crippen molar-refractivity contribution in [1.82, 2.24) is 4.90 Å². The van der Waals surface area contributed by atoms with Crippen LogP contribution in [0.3, 0.4) is 0 Å². The third kappa shape index (κ3) is 25.7. The van der Waals surface area contributed by atoms with Crippen molar-refractivity contribution < 1.29 is 0 Å². The molecule has 0 aliphatic carbocycles. The van der Waals surface area contributed by atoms with Crippen LogP contribution in [0.15, 0.2) is 12.3 Å². The summed E-state index contributed by atoms with van der Waals surface area (Å²) in [6.07, 6.45) is 1.25. The van der Waals surface area contributed by atoms with Gasteiger partial charge in [0.15, 0.2) is 0 Å². The molecule has 0 saturated carbocycles. The Bertz CT molecular complexity index is 65.1. The van der Waals surface area contributed by atoms with Gasteiger partial charge in [-0.25, -0.2) is 0 Å². The summed E-state index contributed by atoms with van der Waals surface area (Å²) >= 11 is 0. The Hall–Kier alpha value is -0.460. The average Bonchev–Trinajstić information content (AvgIpc) is 1.68. The van der Waals surface area contributed by atoms with Crippen LogP contribution in [0, 0.1) is 0 Å². The van der Waals surface area contributed by atoms with E-state index in [1.165, 1.54) is 6.42 Å². The van der Waals surface area contributed by atoms with E-state index in [9.17, 15) is 0 Å². The molecule has 0 N–H and O–H groups in total. The van der Waals surface area contributed by atoms with Crippen LogP contribution in [0.25, 0.3) is 0 Å². The van der Waals surface area contributed by atoms with E-state index in [-0.39, 0.29) is 7.43 Å². The summed E-state index contributed by atoms with van der Waals surface area (Å²) < 4.78 is 0. The van der Waals surface area contributed by atoms with Crippen LogP contribution < -0.4 is 0 Å². The summed E-state index contributed by atoms with van der Waals surface area (Å²) in [5.41, 5.74) is 1.09. The zero-order chi connectivity index (χ0) is 7.86. The summed E-state index contributed by atoms with van der Waals surface area (Å²) in [6, 6.07) is 0. The molecule has 0 aromatic heterocycles. The largest absolute Gasteiger partial charge is 0.382 e. The van der Waals surface area contributed by atoms with Crippen LogP contribution in [-0.2, 0) is 0 Å². The SMILES string of the molecule is C.C=C(C)N(C)C.CCC. The lowest BCUT2D eigenvalue weighted by atomic mass is 10.5. The first-order valence-electron chi connectivity index (χ1n) is 3.39. The van der Waals surface area contributed by atoms with Crippen molar-refractivity contribution in [3.8, 4) is 0 Å². The third-order valence-corrected chi connectivity index (χ3v) is 0.763. The van der Waals surface area contributed by atoms with Crippen LogP contribution in [0.2, 0.25) is 0 Å². The van der Waals surface area contributed by atoms with Crippen molar-refractivity contribution in [2.45, 2.75) is 34.6 Å². The van der Waals surface area contributed by atoms with Gasteiger partial charge in [-0.05, 0) is 6.92 Å². The first kappa shape index (κ1) is 16.3. The number of allylic oxidation sites excluding steroid dienone is 1. The maximum Gasteiger partial charge on any atom is 0.00578 e. The Morgan fingerprint density at radius 2 is 1.40 bits per heavy atom. The lowest BCUT2D eigenvalue weighted by molar-refractivity contribution is 0.516. The first-order chi connectivity index (χ1) is 4.06. The van der Waals surface area contributed by atoms with Crippen LogP contribution in [0.1, 0.15) is 34.6 Å². The predicted molar refractivity (Wildman–Crippen MR) is 51.2 cm³/mol. The zero-order valence-electron chi connectivity index (χ0n) is 7.36. The molecular weight excluding hydrogens is 122 g/mol. The van der Waals surface area contributed by atoms with Gasteiger partial charge in [0.2, 0.25) is 0 Å². The van der Waals surface area contributed by atoms with Gasteiger partial charge in [-0.1, -0.05) is 34.3 Å². The highest BCUT2D eigenvalue weighted by atomic mass is 15.1. The fourth-order valence-corrected chi connectivity index (χ4v) is 0. The summed E-state index contributed by atoms with van der Waals surface area (Å²) in [7, 11) is 3.95. The molecule has 0 atom stereocenters. The molecule has 0 bridgehead atoms. The monoisotopic (exact) mass is 145 g/mol. The van der Waals surface area contributed by atoms with E-state index in [0.717, 1.165) is 5.70 Å². The Morgan fingerprint density at radius 3 is 1.40 bits per heavy atom. The van der Waals surface area contributed by atoms with Crippen molar-refractivity contribution in [2.75, 3.05) is 14.1 Å². The lowest BCUT2D eigenvalue weighted by Gasteiger charge is -2.08. The molecule has 0 saturated heterocycles. The van der Waals surface area contributed by atoms with Crippen molar-refractivity contribution in [2.24, 2.45) is 0 Å². The van der Waals surface area contributed by atoms with Gasteiger partial charge in [-0.15, -0.1) is 0 Å². The second kappa shape index (κ2) is 11.4. The standard InChI is InChI=1S/C5H11N.C3H8.CH4/c1-5(2)6(3)4;1-3-2;/h1H2,2-4H3;3H2,1-2H3;1H4. The van der Waals surface area contributed by atoms with Gasteiger partial charge in [-0.3, -0.25) is 0 Å². The second-order valence-corrected chi connectivity index (χ2v) is 2.34.